The lowest BCUT2D eigenvalue weighted by molar-refractivity contribution is 0.392. The van der Waals surface area contributed by atoms with Gasteiger partial charge in [0.15, 0.2) is 5.65 Å². The highest BCUT2D eigenvalue weighted by atomic mass is 19.1. The van der Waals surface area contributed by atoms with Crippen LogP contribution in [0.2, 0.25) is 0 Å². The summed E-state index contributed by atoms with van der Waals surface area (Å²) in [5, 5.41) is 0. The van der Waals surface area contributed by atoms with Crippen LogP contribution in [-0.4, -0.2) is 39.6 Å². The van der Waals surface area contributed by atoms with Crippen LogP contribution >= 0.6 is 0 Å². The number of likely N-dealkylation sites (N-methyl/N-ethyl adjacent to an activating group) is 1. The Morgan fingerprint density at radius 3 is 2.87 bits per heavy atom. The summed E-state index contributed by atoms with van der Waals surface area (Å²) in [5.41, 5.74) is 2.46. The summed E-state index contributed by atoms with van der Waals surface area (Å²) in [4.78, 5) is 11.6. The highest BCUT2D eigenvalue weighted by Gasteiger charge is 2.26. The zero-order valence-corrected chi connectivity index (χ0v) is 13.1. The van der Waals surface area contributed by atoms with E-state index in [0.717, 1.165) is 36.5 Å². The van der Waals surface area contributed by atoms with E-state index in [1.54, 1.807) is 12.3 Å². The van der Waals surface area contributed by atoms with Gasteiger partial charge in [0.05, 0.1) is 6.04 Å². The molecule has 4 nitrogen and oxygen atoms in total. The first kappa shape index (κ1) is 14.3. The van der Waals surface area contributed by atoms with Crippen LogP contribution in [-0.2, 0) is 6.42 Å². The minimum atomic E-state index is -0.178. The lowest BCUT2D eigenvalue weighted by atomic mass is 10.1. The molecular weight excluding hydrogens is 291 g/mol. The first-order valence-electron chi connectivity index (χ1n) is 7.96. The van der Waals surface area contributed by atoms with E-state index in [9.17, 15) is 4.39 Å². The van der Waals surface area contributed by atoms with Gasteiger partial charge in [0, 0.05) is 19.2 Å². The molecule has 0 saturated carbocycles. The van der Waals surface area contributed by atoms with Gasteiger partial charge in [-0.25, -0.2) is 14.4 Å². The number of aromatic nitrogens is 3. The number of benzene rings is 1. The average molecular weight is 310 g/mol. The van der Waals surface area contributed by atoms with E-state index >= 15 is 0 Å². The minimum absolute atomic E-state index is 0.178. The van der Waals surface area contributed by atoms with E-state index in [2.05, 4.69) is 21.5 Å². The molecule has 1 saturated heterocycles. The Balaban J connectivity index is 1.80. The molecule has 1 unspecified atom stereocenters. The molecule has 0 N–H and O–H groups in total. The number of halogens is 1. The van der Waals surface area contributed by atoms with Gasteiger partial charge in [-0.15, -0.1) is 0 Å². The van der Waals surface area contributed by atoms with Crippen LogP contribution < -0.4 is 0 Å². The van der Waals surface area contributed by atoms with Crippen LogP contribution in [0.25, 0.3) is 11.2 Å². The van der Waals surface area contributed by atoms with Crippen LogP contribution in [0.15, 0.2) is 42.6 Å². The van der Waals surface area contributed by atoms with Gasteiger partial charge < -0.3 is 9.47 Å². The average Bonchev–Trinajstić information content (AvgIpc) is 3.12. The zero-order chi connectivity index (χ0) is 15.8. The number of imidazole rings is 1. The third-order valence-electron chi connectivity index (χ3n) is 4.56. The van der Waals surface area contributed by atoms with Crippen molar-refractivity contribution in [2.75, 3.05) is 20.1 Å². The Morgan fingerprint density at radius 2 is 2.09 bits per heavy atom. The second kappa shape index (κ2) is 5.74. The molecule has 5 heteroatoms. The quantitative estimate of drug-likeness (QED) is 0.745. The van der Waals surface area contributed by atoms with Crippen molar-refractivity contribution in [3.63, 3.8) is 0 Å². The van der Waals surface area contributed by atoms with Gasteiger partial charge in [0.2, 0.25) is 0 Å². The fraction of sp³-hybridized carbons (Fsp3) is 0.333. The summed E-state index contributed by atoms with van der Waals surface area (Å²) in [6.07, 6.45) is 3.36. The topological polar surface area (TPSA) is 34.0 Å². The number of pyridine rings is 1. The van der Waals surface area contributed by atoms with Gasteiger partial charge in [-0.2, -0.15) is 0 Å². The molecule has 23 heavy (non-hydrogen) atoms. The Morgan fingerprint density at radius 1 is 1.22 bits per heavy atom. The van der Waals surface area contributed by atoms with Crippen molar-refractivity contribution in [2.24, 2.45) is 0 Å². The molecule has 0 amide bonds. The predicted molar refractivity (Wildman–Crippen MR) is 87.9 cm³/mol. The molecule has 0 spiro atoms. The Labute approximate surface area is 134 Å². The molecule has 4 rings (SSSR count). The molecule has 1 aromatic carbocycles. The molecule has 1 aliphatic heterocycles. The summed E-state index contributed by atoms with van der Waals surface area (Å²) in [6.45, 7) is 2.04. The highest BCUT2D eigenvalue weighted by molar-refractivity contribution is 5.71. The number of likely N-dealkylation sites (tertiary alicyclic amines) is 1. The van der Waals surface area contributed by atoms with E-state index in [0.29, 0.717) is 18.0 Å². The van der Waals surface area contributed by atoms with Crippen LogP contribution in [0.3, 0.4) is 0 Å². The Hall–Kier alpha value is -2.27. The van der Waals surface area contributed by atoms with Crippen molar-refractivity contribution in [1.82, 2.24) is 19.4 Å². The smallest absolute Gasteiger partial charge is 0.160 e. The monoisotopic (exact) mass is 310 g/mol. The molecular formula is C18H19FN4. The standard InChI is InChI=1S/C18H19FN4/c1-22-10-8-14(12-22)23-17(11-13-5-2-3-6-15(13)19)21-16-7-4-9-20-18(16)23/h2-7,9,14H,8,10-12H2,1H3. The number of nitrogens with zero attached hydrogens (tertiary/aromatic N) is 4. The van der Waals surface area contributed by atoms with Crippen molar-refractivity contribution >= 4 is 11.2 Å². The van der Waals surface area contributed by atoms with Gasteiger partial charge in [0.1, 0.15) is 17.2 Å². The van der Waals surface area contributed by atoms with E-state index < -0.39 is 0 Å². The van der Waals surface area contributed by atoms with Crippen LogP contribution in [0.4, 0.5) is 4.39 Å². The maximum Gasteiger partial charge on any atom is 0.160 e. The van der Waals surface area contributed by atoms with Gasteiger partial charge >= 0.3 is 0 Å². The highest BCUT2D eigenvalue weighted by Crippen LogP contribution is 2.28. The van der Waals surface area contributed by atoms with E-state index in [1.807, 2.05) is 24.3 Å². The van der Waals surface area contributed by atoms with E-state index in [4.69, 9.17) is 4.98 Å². The van der Waals surface area contributed by atoms with Crippen LogP contribution in [0, 0.1) is 5.82 Å². The Kier molecular flexibility index (Phi) is 3.58. The molecule has 1 fully saturated rings. The SMILES string of the molecule is CN1CCC(n2c(Cc3ccccc3F)nc3cccnc32)C1. The number of hydrogen-bond donors (Lipinski definition) is 0. The van der Waals surface area contributed by atoms with Crippen molar-refractivity contribution < 1.29 is 4.39 Å². The zero-order valence-electron chi connectivity index (χ0n) is 13.1. The molecule has 3 aromatic rings. The molecule has 0 aliphatic carbocycles. The van der Waals surface area contributed by atoms with E-state index in [1.165, 1.54) is 6.07 Å². The van der Waals surface area contributed by atoms with Crippen LogP contribution in [0.1, 0.15) is 23.9 Å². The van der Waals surface area contributed by atoms with E-state index in [-0.39, 0.29) is 5.82 Å². The van der Waals surface area contributed by atoms with Gasteiger partial charge in [0.25, 0.3) is 0 Å². The van der Waals surface area contributed by atoms with Gasteiger partial charge in [-0.1, -0.05) is 18.2 Å². The number of fused-ring (bicyclic) bond motifs is 1. The molecule has 3 heterocycles. The maximum absolute atomic E-state index is 14.0. The fourth-order valence-corrected chi connectivity index (χ4v) is 3.42. The van der Waals surface area contributed by atoms with Crippen LogP contribution in [0.5, 0.6) is 0 Å². The number of rotatable bonds is 3. The molecule has 2 aromatic heterocycles. The number of hydrogen-bond acceptors (Lipinski definition) is 3. The summed E-state index contributed by atoms with van der Waals surface area (Å²) >= 11 is 0. The summed E-state index contributed by atoms with van der Waals surface area (Å²) < 4.78 is 16.3. The van der Waals surface area contributed by atoms with Crippen molar-refractivity contribution in [3.05, 3.63) is 59.8 Å². The molecule has 1 aliphatic rings. The lowest BCUT2D eigenvalue weighted by Crippen LogP contribution is -2.18. The Bertz CT molecular complexity index is 842. The maximum atomic E-state index is 14.0. The van der Waals surface area contributed by atoms with Crippen molar-refractivity contribution in [1.29, 1.82) is 0 Å². The first-order chi connectivity index (χ1) is 11.2. The van der Waals surface area contributed by atoms with Gasteiger partial charge in [-0.3, -0.25) is 0 Å². The van der Waals surface area contributed by atoms with Crippen molar-refractivity contribution in [2.45, 2.75) is 18.9 Å². The second-order valence-corrected chi connectivity index (χ2v) is 6.22. The first-order valence-corrected chi connectivity index (χ1v) is 7.96. The predicted octanol–water partition coefficient (Wildman–Crippen LogP) is 3.04. The summed E-state index contributed by atoms with van der Waals surface area (Å²) in [7, 11) is 2.13. The lowest BCUT2D eigenvalue weighted by Gasteiger charge is -2.16. The van der Waals surface area contributed by atoms with Crippen molar-refractivity contribution in [3.8, 4) is 0 Å². The largest absolute Gasteiger partial charge is 0.308 e. The summed E-state index contributed by atoms with van der Waals surface area (Å²) in [6, 6.07) is 11.1. The molecule has 0 bridgehead atoms. The third kappa shape index (κ3) is 2.61. The fourth-order valence-electron chi connectivity index (χ4n) is 3.42. The second-order valence-electron chi connectivity index (χ2n) is 6.22. The molecule has 1 atom stereocenters. The third-order valence-corrected chi connectivity index (χ3v) is 4.56. The van der Waals surface area contributed by atoms with Gasteiger partial charge in [-0.05, 0) is 43.8 Å². The molecule has 0 radical (unpaired) electrons. The minimum Gasteiger partial charge on any atom is -0.308 e. The molecule has 118 valence electrons. The normalized spacial score (nSPS) is 18.8. The summed E-state index contributed by atoms with van der Waals surface area (Å²) in [5.74, 6) is 0.715.